The first-order valence-electron chi connectivity index (χ1n) is 8.01. The third-order valence-corrected chi connectivity index (χ3v) is 7.26. The van der Waals surface area contributed by atoms with Crippen LogP contribution in [0.5, 0.6) is 0 Å². The summed E-state index contributed by atoms with van der Waals surface area (Å²) in [4.78, 5) is 0. The summed E-state index contributed by atoms with van der Waals surface area (Å²) in [6.45, 7) is 12.5. The van der Waals surface area contributed by atoms with Gasteiger partial charge in [0.05, 0.1) is 10.5 Å². The topological polar surface area (TPSA) is 34.1 Å². The Kier molecular flexibility index (Phi) is 8.97. The van der Waals surface area contributed by atoms with Crippen LogP contribution in [0, 0.1) is 11.8 Å². The molecule has 2 atom stereocenters. The first kappa shape index (κ1) is 18.9. The van der Waals surface area contributed by atoms with Crippen molar-refractivity contribution in [3.63, 3.8) is 0 Å². The fraction of sp³-hybridized carbons (Fsp3) is 1.00. The third-order valence-electron chi connectivity index (χ3n) is 4.02. The van der Waals surface area contributed by atoms with Crippen LogP contribution in [-0.2, 0) is 9.84 Å². The van der Waals surface area contributed by atoms with E-state index in [0.717, 1.165) is 38.5 Å². The Labute approximate surface area is 121 Å². The zero-order valence-corrected chi connectivity index (χ0v) is 14.6. The van der Waals surface area contributed by atoms with Crippen molar-refractivity contribution in [2.45, 2.75) is 90.6 Å². The first-order chi connectivity index (χ1) is 8.78. The maximum absolute atomic E-state index is 12.9. The van der Waals surface area contributed by atoms with E-state index < -0.39 is 9.84 Å². The highest BCUT2D eigenvalue weighted by Crippen LogP contribution is 2.29. The number of hydrogen-bond donors (Lipinski definition) is 0. The second-order valence-electron chi connectivity index (χ2n) is 6.44. The van der Waals surface area contributed by atoms with Crippen molar-refractivity contribution < 1.29 is 8.42 Å². The van der Waals surface area contributed by atoms with Crippen molar-refractivity contribution in [1.29, 1.82) is 0 Å². The van der Waals surface area contributed by atoms with E-state index in [4.69, 9.17) is 0 Å². The second kappa shape index (κ2) is 8.99. The molecule has 0 aromatic carbocycles. The van der Waals surface area contributed by atoms with Crippen molar-refractivity contribution in [2.75, 3.05) is 0 Å². The van der Waals surface area contributed by atoms with Crippen molar-refractivity contribution >= 4 is 9.84 Å². The lowest BCUT2D eigenvalue weighted by Gasteiger charge is -2.29. The maximum Gasteiger partial charge on any atom is 0.156 e. The molecule has 0 aromatic rings. The van der Waals surface area contributed by atoms with Crippen LogP contribution >= 0.6 is 0 Å². The minimum Gasteiger partial charge on any atom is -0.228 e. The zero-order chi connectivity index (χ0) is 15.1. The van der Waals surface area contributed by atoms with Crippen molar-refractivity contribution in [1.82, 2.24) is 0 Å². The number of hydrogen-bond acceptors (Lipinski definition) is 2. The molecule has 2 unspecified atom stereocenters. The van der Waals surface area contributed by atoms with E-state index in [1.165, 1.54) is 0 Å². The van der Waals surface area contributed by atoms with Gasteiger partial charge in [-0.05, 0) is 24.7 Å². The molecule has 0 fully saturated rings. The van der Waals surface area contributed by atoms with Gasteiger partial charge in [-0.15, -0.1) is 0 Å². The Morgan fingerprint density at radius 2 is 1.05 bits per heavy atom. The van der Waals surface area contributed by atoms with Crippen LogP contribution in [0.1, 0.15) is 80.1 Å². The van der Waals surface area contributed by atoms with Gasteiger partial charge in [-0.3, -0.25) is 0 Å². The standard InChI is InChI=1S/C16H34O2S/c1-7-9-11-15(13(3)4)19(17,18)16(14(5)6)12-10-8-2/h13-16H,7-12H2,1-6H3. The molecule has 116 valence electrons. The van der Waals surface area contributed by atoms with Crippen LogP contribution in [0.15, 0.2) is 0 Å². The quantitative estimate of drug-likeness (QED) is 0.577. The van der Waals surface area contributed by atoms with Crippen LogP contribution in [0.2, 0.25) is 0 Å². The molecule has 0 N–H and O–H groups in total. The molecule has 2 nitrogen and oxygen atoms in total. The Morgan fingerprint density at radius 3 is 1.26 bits per heavy atom. The van der Waals surface area contributed by atoms with Gasteiger partial charge in [-0.25, -0.2) is 8.42 Å². The average molecular weight is 291 g/mol. The molecule has 0 radical (unpaired) electrons. The minimum absolute atomic E-state index is 0.156. The predicted octanol–water partition coefficient (Wildman–Crippen LogP) is 4.83. The van der Waals surface area contributed by atoms with Crippen LogP contribution < -0.4 is 0 Å². The molecule has 0 heterocycles. The SMILES string of the molecule is CCCCC(C(C)C)S(=O)(=O)C(CCCC)C(C)C. The van der Waals surface area contributed by atoms with Crippen LogP contribution in [0.25, 0.3) is 0 Å². The summed E-state index contributed by atoms with van der Waals surface area (Å²) in [5, 5.41) is -0.312. The maximum atomic E-state index is 12.9. The highest BCUT2D eigenvalue weighted by molar-refractivity contribution is 7.92. The van der Waals surface area contributed by atoms with E-state index in [0.29, 0.717) is 0 Å². The Balaban J connectivity index is 5.11. The van der Waals surface area contributed by atoms with E-state index in [-0.39, 0.29) is 22.3 Å². The molecule has 3 heteroatoms. The summed E-state index contributed by atoms with van der Waals surface area (Å²) >= 11 is 0. The van der Waals surface area contributed by atoms with Crippen LogP contribution in [0.4, 0.5) is 0 Å². The molecule has 0 saturated carbocycles. The molecular formula is C16H34O2S. The fourth-order valence-electron chi connectivity index (χ4n) is 2.79. The van der Waals surface area contributed by atoms with Gasteiger partial charge in [0, 0.05) is 0 Å². The summed E-state index contributed by atoms with van der Waals surface area (Å²) in [6, 6.07) is 0. The van der Waals surface area contributed by atoms with Crippen LogP contribution in [-0.4, -0.2) is 18.9 Å². The van der Waals surface area contributed by atoms with Gasteiger partial charge in [0.25, 0.3) is 0 Å². The Hall–Kier alpha value is -0.0500. The lowest BCUT2D eigenvalue weighted by Crippen LogP contribution is -2.38. The smallest absolute Gasteiger partial charge is 0.156 e. The molecule has 0 aliphatic heterocycles. The van der Waals surface area contributed by atoms with Crippen molar-refractivity contribution in [2.24, 2.45) is 11.8 Å². The number of unbranched alkanes of at least 4 members (excludes halogenated alkanes) is 2. The average Bonchev–Trinajstić information content (AvgIpc) is 2.28. The summed E-state index contributed by atoms with van der Waals surface area (Å²) < 4.78 is 25.9. The fourth-order valence-corrected chi connectivity index (χ4v) is 5.75. The molecule has 0 spiro atoms. The van der Waals surface area contributed by atoms with Gasteiger partial charge in [0.2, 0.25) is 0 Å². The molecule has 0 aliphatic carbocycles. The van der Waals surface area contributed by atoms with E-state index in [2.05, 4.69) is 41.5 Å². The number of sulfone groups is 1. The number of rotatable bonds is 10. The lowest BCUT2D eigenvalue weighted by molar-refractivity contribution is 0.458. The second-order valence-corrected chi connectivity index (χ2v) is 8.83. The molecular weight excluding hydrogens is 256 g/mol. The summed E-state index contributed by atoms with van der Waals surface area (Å²) in [6.07, 6.45) is 5.82. The van der Waals surface area contributed by atoms with Gasteiger partial charge in [-0.2, -0.15) is 0 Å². The van der Waals surface area contributed by atoms with Gasteiger partial charge < -0.3 is 0 Å². The lowest BCUT2D eigenvalue weighted by atomic mass is 10.0. The van der Waals surface area contributed by atoms with Gasteiger partial charge in [0.1, 0.15) is 0 Å². The highest BCUT2D eigenvalue weighted by atomic mass is 32.2. The third kappa shape index (κ3) is 5.85. The van der Waals surface area contributed by atoms with Gasteiger partial charge in [-0.1, -0.05) is 67.2 Å². The van der Waals surface area contributed by atoms with Crippen LogP contribution in [0.3, 0.4) is 0 Å². The van der Waals surface area contributed by atoms with Crippen molar-refractivity contribution in [3.8, 4) is 0 Å². The molecule has 0 amide bonds. The minimum atomic E-state index is -3.01. The summed E-state index contributed by atoms with van der Waals surface area (Å²) in [5.41, 5.74) is 0. The van der Waals surface area contributed by atoms with Gasteiger partial charge >= 0.3 is 0 Å². The largest absolute Gasteiger partial charge is 0.228 e. The predicted molar refractivity (Wildman–Crippen MR) is 85.2 cm³/mol. The Bertz CT molecular complexity index is 292. The summed E-state index contributed by atoms with van der Waals surface area (Å²) in [5.74, 6) is 0.443. The zero-order valence-electron chi connectivity index (χ0n) is 13.8. The Morgan fingerprint density at radius 1 is 0.737 bits per heavy atom. The molecule has 0 bridgehead atoms. The first-order valence-corrected chi connectivity index (χ1v) is 9.62. The monoisotopic (exact) mass is 290 g/mol. The van der Waals surface area contributed by atoms with Crippen molar-refractivity contribution in [3.05, 3.63) is 0 Å². The highest BCUT2D eigenvalue weighted by Gasteiger charge is 2.36. The van der Waals surface area contributed by atoms with Gasteiger partial charge in [0.15, 0.2) is 9.84 Å². The van der Waals surface area contributed by atoms with E-state index in [9.17, 15) is 8.42 Å². The van der Waals surface area contributed by atoms with E-state index in [1.807, 2.05) is 0 Å². The normalized spacial score (nSPS) is 16.0. The van der Waals surface area contributed by atoms with E-state index >= 15 is 0 Å². The molecule has 19 heavy (non-hydrogen) atoms. The molecule has 0 saturated heterocycles. The molecule has 0 aliphatic rings. The molecule has 0 rings (SSSR count). The summed E-state index contributed by atoms with van der Waals surface area (Å²) in [7, 11) is -3.01. The molecule has 0 aromatic heterocycles. The van der Waals surface area contributed by atoms with E-state index in [1.54, 1.807) is 0 Å².